The number of nitrogens with zero attached hydrogens (tertiary/aromatic N) is 1. The summed E-state index contributed by atoms with van der Waals surface area (Å²) >= 11 is 0. The summed E-state index contributed by atoms with van der Waals surface area (Å²) in [5.74, 6) is 0.697. The van der Waals surface area contributed by atoms with Crippen LogP contribution in [0.2, 0.25) is 0 Å². The number of carbonyl (C=O) groups excluding carboxylic acids is 1. The molecule has 3 nitrogen and oxygen atoms in total. The number of fused-ring (bicyclic) bond motifs is 1. The smallest absolute Gasteiger partial charge is 0.226 e. The summed E-state index contributed by atoms with van der Waals surface area (Å²) in [5.41, 5.74) is 9.81. The van der Waals surface area contributed by atoms with Gasteiger partial charge >= 0.3 is 0 Å². The summed E-state index contributed by atoms with van der Waals surface area (Å²) in [7, 11) is 0. The van der Waals surface area contributed by atoms with E-state index in [9.17, 15) is 4.79 Å². The summed E-state index contributed by atoms with van der Waals surface area (Å²) in [6.07, 6.45) is 2.41. The normalized spacial score (nSPS) is 19.3. The molecule has 0 fully saturated rings. The molecule has 0 aromatic heterocycles. The highest BCUT2D eigenvalue weighted by atomic mass is 16.2. The van der Waals surface area contributed by atoms with Crippen molar-refractivity contribution in [2.24, 2.45) is 11.7 Å². The van der Waals surface area contributed by atoms with Crippen molar-refractivity contribution in [2.45, 2.75) is 59.0 Å². The monoisotopic (exact) mass is 274 g/mol. The van der Waals surface area contributed by atoms with Crippen LogP contribution >= 0.6 is 0 Å². The van der Waals surface area contributed by atoms with E-state index in [1.165, 1.54) is 11.1 Å². The molecule has 1 amide bonds. The number of hydrogen-bond acceptors (Lipinski definition) is 2. The molecule has 1 aromatic carbocycles. The van der Waals surface area contributed by atoms with Crippen LogP contribution in [0.3, 0.4) is 0 Å². The molecule has 3 heteroatoms. The average Bonchev–Trinajstić information content (AvgIpc) is 2.72. The Kier molecular flexibility index (Phi) is 4.48. The van der Waals surface area contributed by atoms with Crippen molar-refractivity contribution in [1.82, 2.24) is 0 Å². The third-order valence-corrected chi connectivity index (χ3v) is 4.26. The van der Waals surface area contributed by atoms with Gasteiger partial charge in [0.15, 0.2) is 0 Å². The van der Waals surface area contributed by atoms with E-state index in [0.717, 1.165) is 18.5 Å². The molecule has 1 aliphatic rings. The fourth-order valence-corrected chi connectivity index (χ4v) is 2.87. The van der Waals surface area contributed by atoms with E-state index >= 15 is 0 Å². The second-order valence-electron chi connectivity index (χ2n) is 6.25. The van der Waals surface area contributed by atoms with Crippen LogP contribution in [0.25, 0.3) is 0 Å². The van der Waals surface area contributed by atoms with Gasteiger partial charge in [0.05, 0.1) is 0 Å². The molecular weight excluding hydrogens is 248 g/mol. The minimum Gasteiger partial charge on any atom is -0.327 e. The van der Waals surface area contributed by atoms with Crippen molar-refractivity contribution in [2.75, 3.05) is 4.90 Å². The molecule has 0 spiro atoms. The molecule has 2 unspecified atom stereocenters. The first-order chi connectivity index (χ1) is 9.43. The third kappa shape index (κ3) is 2.88. The number of benzene rings is 1. The van der Waals surface area contributed by atoms with E-state index in [2.05, 4.69) is 39.0 Å². The molecule has 2 rings (SSSR count). The SMILES string of the molecule is CCC(=O)N1c2ccc(CC(N)C(C)C)cc2CC1C. The number of rotatable bonds is 4. The predicted molar refractivity (Wildman–Crippen MR) is 83.9 cm³/mol. The number of hydrogen-bond donors (Lipinski definition) is 1. The first kappa shape index (κ1) is 15.0. The molecular formula is C17H26N2O. The fourth-order valence-electron chi connectivity index (χ4n) is 2.87. The van der Waals surface area contributed by atoms with Crippen LogP contribution < -0.4 is 10.6 Å². The van der Waals surface area contributed by atoms with Gasteiger partial charge in [-0.15, -0.1) is 0 Å². The fraction of sp³-hybridized carbons (Fsp3) is 0.588. The molecule has 110 valence electrons. The zero-order chi connectivity index (χ0) is 14.9. The Morgan fingerprint density at radius 3 is 2.75 bits per heavy atom. The summed E-state index contributed by atoms with van der Waals surface area (Å²) in [6, 6.07) is 6.91. The Labute approximate surface area is 122 Å². The molecule has 1 heterocycles. The molecule has 0 bridgehead atoms. The van der Waals surface area contributed by atoms with Gasteiger partial charge in [0.2, 0.25) is 5.91 Å². The Hall–Kier alpha value is -1.35. The highest BCUT2D eigenvalue weighted by molar-refractivity contribution is 5.96. The van der Waals surface area contributed by atoms with Gasteiger partial charge in [-0.1, -0.05) is 32.9 Å². The first-order valence-corrected chi connectivity index (χ1v) is 7.63. The molecule has 2 N–H and O–H groups in total. The Morgan fingerprint density at radius 1 is 1.45 bits per heavy atom. The molecule has 1 aliphatic heterocycles. The summed E-state index contributed by atoms with van der Waals surface area (Å²) in [5, 5.41) is 0. The Balaban J connectivity index is 2.22. The lowest BCUT2D eigenvalue weighted by atomic mass is 9.96. The van der Waals surface area contributed by atoms with E-state index in [1.807, 2.05) is 11.8 Å². The quantitative estimate of drug-likeness (QED) is 0.917. The molecule has 0 saturated carbocycles. The molecule has 2 atom stereocenters. The van der Waals surface area contributed by atoms with Gasteiger partial charge in [-0.3, -0.25) is 4.79 Å². The van der Waals surface area contributed by atoms with Crippen molar-refractivity contribution in [3.05, 3.63) is 29.3 Å². The minimum absolute atomic E-state index is 0.195. The van der Waals surface area contributed by atoms with Crippen LogP contribution in [0.5, 0.6) is 0 Å². The topological polar surface area (TPSA) is 46.3 Å². The van der Waals surface area contributed by atoms with Crippen molar-refractivity contribution in [3.8, 4) is 0 Å². The number of nitrogens with two attached hydrogens (primary N) is 1. The third-order valence-electron chi connectivity index (χ3n) is 4.26. The number of carbonyl (C=O) groups is 1. The molecule has 20 heavy (non-hydrogen) atoms. The van der Waals surface area contributed by atoms with Crippen molar-refractivity contribution < 1.29 is 4.79 Å². The van der Waals surface area contributed by atoms with Crippen molar-refractivity contribution in [1.29, 1.82) is 0 Å². The van der Waals surface area contributed by atoms with Crippen LogP contribution in [0, 0.1) is 5.92 Å². The van der Waals surface area contributed by atoms with E-state index in [1.54, 1.807) is 0 Å². The van der Waals surface area contributed by atoms with Crippen LogP contribution in [0.15, 0.2) is 18.2 Å². The van der Waals surface area contributed by atoms with Gasteiger partial charge in [0.25, 0.3) is 0 Å². The van der Waals surface area contributed by atoms with Gasteiger partial charge < -0.3 is 10.6 Å². The van der Waals surface area contributed by atoms with Crippen LogP contribution in [0.1, 0.15) is 45.2 Å². The second-order valence-corrected chi connectivity index (χ2v) is 6.25. The number of anilines is 1. The zero-order valence-corrected chi connectivity index (χ0v) is 13.0. The largest absolute Gasteiger partial charge is 0.327 e. The maximum absolute atomic E-state index is 12.0. The maximum Gasteiger partial charge on any atom is 0.226 e. The van der Waals surface area contributed by atoms with E-state index in [4.69, 9.17) is 5.73 Å². The summed E-state index contributed by atoms with van der Waals surface area (Å²) in [6.45, 7) is 8.35. The van der Waals surface area contributed by atoms with Gasteiger partial charge in [-0.05, 0) is 42.9 Å². The maximum atomic E-state index is 12.0. The van der Waals surface area contributed by atoms with Crippen LogP contribution in [-0.4, -0.2) is 18.0 Å². The first-order valence-electron chi connectivity index (χ1n) is 7.63. The van der Waals surface area contributed by atoms with Gasteiger partial charge in [0.1, 0.15) is 0 Å². The molecule has 1 aromatic rings. The van der Waals surface area contributed by atoms with Gasteiger partial charge in [-0.25, -0.2) is 0 Å². The lowest BCUT2D eigenvalue weighted by molar-refractivity contribution is -0.118. The zero-order valence-electron chi connectivity index (χ0n) is 13.0. The lowest BCUT2D eigenvalue weighted by Crippen LogP contribution is -2.35. The summed E-state index contributed by atoms with van der Waals surface area (Å²) in [4.78, 5) is 14.0. The molecule has 0 aliphatic carbocycles. The predicted octanol–water partition coefficient (Wildman–Crippen LogP) is 2.90. The van der Waals surface area contributed by atoms with Crippen LogP contribution in [0.4, 0.5) is 5.69 Å². The van der Waals surface area contributed by atoms with E-state index in [-0.39, 0.29) is 18.0 Å². The number of amides is 1. The van der Waals surface area contributed by atoms with Gasteiger partial charge in [-0.2, -0.15) is 0 Å². The average molecular weight is 274 g/mol. The van der Waals surface area contributed by atoms with Crippen LogP contribution in [-0.2, 0) is 17.6 Å². The Bertz CT molecular complexity index is 496. The molecule has 0 radical (unpaired) electrons. The summed E-state index contributed by atoms with van der Waals surface area (Å²) < 4.78 is 0. The van der Waals surface area contributed by atoms with E-state index < -0.39 is 0 Å². The van der Waals surface area contributed by atoms with Crippen molar-refractivity contribution >= 4 is 11.6 Å². The highest BCUT2D eigenvalue weighted by Crippen LogP contribution is 2.33. The van der Waals surface area contributed by atoms with Gasteiger partial charge in [0, 0.05) is 24.2 Å². The second kappa shape index (κ2) is 5.96. The van der Waals surface area contributed by atoms with E-state index in [0.29, 0.717) is 12.3 Å². The Morgan fingerprint density at radius 2 is 2.15 bits per heavy atom. The van der Waals surface area contributed by atoms with Crippen molar-refractivity contribution in [3.63, 3.8) is 0 Å². The standard InChI is InChI=1S/C17H26N2O/c1-5-17(20)19-12(4)8-14-9-13(6-7-16(14)19)10-15(18)11(2)3/h6-7,9,11-12,15H,5,8,10,18H2,1-4H3. The molecule has 0 saturated heterocycles. The minimum atomic E-state index is 0.195. The highest BCUT2D eigenvalue weighted by Gasteiger charge is 2.30. The lowest BCUT2D eigenvalue weighted by Gasteiger charge is -2.22.